The van der Waals surface area contributed by atoms with Gasteiger partial charge in [0.2, 0.25) is 5.88 Å². The number of hydrogen-bond acceptors (Lipinski definition) is 2. The van der Waals surface area contributed by atoms with Crippen LogP contribution in [0.4, 0.5) is 0 Å². The molecule has 0 atom stereocenters. The van der Waals surface area contributed by atoms with Gasteiger partial charge in [-0.15, -0.1) is 0 Å². The summed E-state index contributed by atoms with van der Waals surface area (Å²) in [5.74, 6) is 0.649. The molecule has 3 rings (SSSR count). The Balaban J connectivity index is 2.13. The summed E-state index contributed by atoms with van der Waals surface area (Å²) >= 11 is 0. The minimum absolute atomic E-state index is 0.649. The van der Waals surface area contributed by atoms with E-state index in [4.69, 9.17) is 4.74 Å². The highest BCUT2D eigenvalue weighted by Crippen LogP contribution is 2.31. The summed E-state index contributed by atoms with van der Waals surface area (Å²) in [5, 5.41) is 0. The Labute approximate surface area is 118 Å². The van der Waals surface area contributed by atoms with Gasteiger partial charge in [-0.05, 0) is 17.2 Å². The molecule has 1 aromatic heterocycles. The van der Waals surface area contributed by atoms with Crippen molar-refractivity contribution in [1.29, 1.82) is 0 Å². The van der Waals surface area contributed by atoms with Crippen molar-refractivity contribution in [3.8, 4) is 28.1 Å². The van der Waals surface area contributed by atoms with Crippen LogP contribution in [0.15, 0.2) is 72.9 Å². The lowest BCUT2D eigenvalue weighted by molar-refractivity contribution is 0.400. The summed E-state index contributed by atoms with van der Waals surface area (Å²) in [6, 6.07) is 22.5. The number of pyridine rings is 1. The van der Waals surface area contributed by atoms with Crippen LogP contribution in [0.5, 0.6) is 5.88 Å². The highest BCUT2D eigenvalue weighted by atomic mass is 16.5. The van der Waals surface area contributed by atoms with Gasteiger partial charge in [-0.3, -0.25) is 0 Å². The SMILES string of the molecule is COc1ncc(-c2ccccc2)cc1-c1ccccc1. The molecule has 0 unspecified atom stereocenters. The van der Waals surface area contributed by atoms with Crippen molar-refractivity contribution in [1.82, 2.24) is 4.98 Å². The Morgan fingerprint density at radius 3 is 1.95 bits per heavy atom. The molecule has 0 aliphatic heterocycles. The molecule has 2 aromatic carbocycles. The molecule has 20 heavy (non-hydrogen) atoms. The summed E-state index contributed by atoms with van der Waals surface area (Å²) in [6.07, 6.45) is 1.85. The number of methoxy groups -OCH3 is 1. The maximum atomic E-state index is 5.38. The fraction of sp³-hybridized carbons (Fsp3) is 0.0556. The molecule has 0 aliphatic rings. The van der Waals surface area contributed by atoms with Crippen molar-refractivity contribution in [2.24, 2.45) is 0 Å². The number of benzene rings is 2. The summed E-state index contributed by atoms with van der Waals surface area (Å²) in [5.41, 5.74) is 4.36. The topological polar surface area (TPSA) is 22.1 Å². The minimum atomic E-state index is 0.649. The van der Waals surface area contributed by atoms with E-state index >= 15 is 0 Å². The molecule has 0 spiro atoms. The zero-order valence-corrected chi connectivity index (χ0v) is 11.3. The number of aromatic nitrogens is 1. The molecule has 0 amide bonds. The molecule has 0 fully saturated rings. The second kappa shape index (κ2) is 5.57. The van der Waals surface area contributed by atoms with Gasteiger partial charge < -0.3 is 4.74 Å². The van der Waals surface area contributed by atoms with E-state index in [2.05, 4.69) is 35.3 Å². The first kappa shape index (κ1) is 12.4. The molecule has 2 nitrogen and oxygen atoms in total. The first-order valence-corrected chi connectivity index (χ1v) is 6.53. The highest BCUT2D eigenvalue weighted by molar-refractivity contribution is 5.75. The van der Waals surface area contributed by atoms with Gasteiger partial charge in [0.05, 0.1) is 7.11 Å². The third kappa shape index (κ3) is 2.41. The molecule has 0 saturated heterocycles. The molecule has 0 aliphatic carbocycles. The number of nitrogens with zero attached hydrogens (tertiary/aromatic N) is 1. The summed E-state index contributed by atoms with van der Waals surface area (Å²) in [7, 11) is 1.65. The van der Waals surface area contributed by atoms with Crippen molar-refractivity contribution in [2.75, 3.05) is 7.11 Å². The predicted octanol–water partition coefficient (Wildman–Crippen LogP) is 4.42. The van der Waals surface area contributed by atoms with Gasteiger partial charge in [-0.1, -0.05) is 60.7 Å². The first-order valence-electron chi connectivity index (χ1n) is 6.53. The van der Waals surface area contributed by atoms with Crippen molar-refractivity contribution in [3.05, 3.63) is 72.9 Å². The van der Waals surface area contributed by atoms with Crippen LogP contribution in [0.25, 0.3) is 22.3 Å². The zero-order valence-electron chi connectivity index (χ0n) is 11.3. The van der Waals surface area contributed by atoms with E-state index in [1.165, 1.54) is 0 Å². The van der Waals surface area contributed by atoms with Gasteiger partial charge in [0, 0.05) is 17.3 Å². The van der Waals surface area contributed by atoms with E-state index in [9.17, 15) is 0 Å². The Bertz CT molecular complexity index is 693. The maximum absolute atomic E-state index is 5.38. The van der Waals surface area contributed by atoms with Gasteiger partial charge in [0.25, 0.3) is 0 Å². The third-order valence-electron chi connectivity index (χ3n) is 3.24. The Hall–Kier alpha value is -2.61. The van der Waals surface area contributed by atoms with Crippen LogP contribution in [0, 0.1) is 0 Å². The standard InChI is InChI=1S/C18H15NO/c1-20-18-17(15-10-6-3-7-11-15)12-16(13-19-18)14-8-4-2-5-9-14/h2-13H,1H3. The Kier molecular flexibility index (Phi) is 3.46. The molecule has 98 valence electrons. The second-order valence-electron chi connectivity index (χ2n) is 4.51. The highest BCUT2D eigenvalue weighted by Gasteiger charge is 2.09. The van der Waals surface area contributed by atoms with Crippen molar-refractivity contribution in [2.45, 2.75) is 0 Å². The van der Waals surface area contributed by atoms with Crippen LogP contribution in [0.2, 0.25) is 0 Å². The molecule has 0 N–H and O–H groups in total. The number of rotatable bonds is 3. The molecule has 0 saturated carbocycles. The summed E-state index contributed by atoms with van der Waals surface area (Å²) in [6.45, 7) is 0. The van der Waals surface area contributed by atoms with Crippen LogP contribution in [0.1, 0.15) is 0 Å². The molecular weight excluding hydrogens is 246 g/mol. The average Bonchev–Trinajstić information content (AvgIpc) is 2.56. The van der Waals surface area contributed by atoms with Gasteiger partial charge in [-0.25, -0.2) is 4.98 Å². The lowest BCUT2D eigenvalue weighted by atomic mass is 10.0. The largest absolute Gasteiger partial charge is 0.481 e. The van der Waals surface area contributed by atoms with Crippen LogP contribution < -0.4 is 4.74 Å². The monoisotopic (exact) mass is 261 g/mol. The lowest BCUT2D eigenvalue weighted by Crippen LogP contribution is -1.92. The van der Waals surface area contributed by atoms with Gasteiger partial charge in [0.15, 0.2) is 0 Å². The van der Waals surface area contributed by atoms with E-state index in [1.54, 1.807) is 7.11 Å². The van der Waals surface area contributed by atoms with E-state index in [0.29, 0.717) is 5.88 Å². The minimum Gasteiger partial charge on any atom is -0.481 e. The normalized spacial score (nSPS) is 10.2. The smallest absolute Gasteiger partial charge is 0.221 e. The van der Waals surface area contributed by atoms with Crippen molar-refractivity contribution in [3.63, 3.8) is 0 Å². The molecule has 0 bridgehead atoms. The Morgan fingerprint density at radius 1 is 0.750 bits per heavy atom. The quantitative estimate of drug-likeness (QED) is 0.696. The van der Waals surface area contributed by atoms with Crippen molar-refractivity contribution >= 4 is 0 Å². The van der Waals surface area contributed by atoms with Gasteiger partial charge in [0.1, 0.15) is 0 Å². The molecule has 2 heteroatoms. The third-order valence-corrected chi connectivity index (χ3v) is 3.24. The molecular formula is C18H15NO. The van der Waals surface area contributed by atoms with Gasteiger partial charge in [-0.2, -0.15) is 0 Å². The van der Waals surface area contributed by atoms with Gasteiger partial charge >= 0.3 is 0 Å². The molecule has 1 heterocycles. The first-order chi connectivity index (χ1) is 9.88. The van der Waals surface area contributed by atoms with E-state index in [1.807, 2.05) is 42.6 Å². The fourth-order valence-corrected chi connectivity index (χ4v) is 2.23. The van der Waals surface area contributed by atoms with E-state index in [-0.39, 0.29) is 0 Å². The lowest BCUT2D eigenvalue weighted by Gasteiger charge is -2.10. The fourth-order valence-electron chi connectivity index (χ4n) is 2.23. The summed E-state index contributed by atoms with van der Waals surface area (Å²) in [4.78, 5) is 4.43. The number of hydrogen-bond donors (Lipinski definition) is 0. The van der Waals surface area contributed by atoms with E-state index < -0.39 is 0 Å². The zero-order chi connectivity index (χ0) is 13.8. The van der Waals surface area contributed by atoms with Crippen LogP contribution in [-0.2, 0) is 0 Å². The number of ether oxygens (including phenoxy) is 1. The molecule has 3 aromatic rings. The van der Waals surface area contributed by atoms with Crippen LogP contribution >= 0.6 is 0 Å². The second-order valence-corrected chi connectivity index (χ2v) is 4.51. The maximum Gasteiger partial charge on any atom is 0.221 e. The average molecular weight is 261 g/mol. The molecule has 0 radical (unpaired) electrons. The predicted molar refractivity (Wildman–Crippen MR) is 81.7 cm³/mol. The van der Waals surface area contributed by atoms with Crippen molar-refractivity contribution < 1.29 is 4.74 Å². The summed E-state index contributed by atoms with van der Waals surface area (Å²) < 4.78 is 5.38. The van der Waals surface area contributed by atoms with Crippen LogP contribution in [0.3, 0.4) is 0 Å². The Morgan fingerprint density at radius 2 is 1.35 bits per heavy atom. The van der Waals surface area contributed by atoms with Crippen LogP contribution in [-0.4, -0.2) is 12.1 Å². The van der Waals surface area contributed by atoms with E-state index in [0.717, 1.165) is 22.3 Å².